The molecule has 0 spiro atoms. The number of hydrogen-bond donors (Lipinski definition) is 2. The van der Waals surface area contributed by atoms with Crippen LogP contribution in [0.5, 0.6) is 0 Å². The number of hydrogen-bond acceptors (Lipinski definition) is 1. The molecule has 13 heavy (non-hydrogen) atoms. The van der Waals surface area contributed by atoms with Crippen LogP contribution < -0.4 is 5.73 Å². The van der Waals surface area contributed by atoms with Crippen LogP contribution in [0.1, 0.15) is 47.0 Å². The van der Waals surface area contributed by atoms with E-state index in [9.17, 15) is 0 Å². The largest absolute Gasteiger partial charge is 0.387 e. The van der Waals surface area contributed by atoms with Gasteiger partial charge < -0.3 is 5.73 Å². The van der Waals surface area contributed by atoms with Crippen molar-refractivity contribution in [2.24, 2.45) is 17.6 Å². The molecule has 0 aliphatic rings. The van der Waals surface area contributed by atoms with Crippen LogP contribution in [0, 0.1) is 23.2 Å². The predicted molar refractivity (Wildman–Crippen MR) is 58.7 cm³/mol. The van der Waals surface area contributed by atoms with Gasteiger partial charge in [0.15, 0.2) is 0 Å². The molecular formula is C11H23N2. The second-order valence-corrected chi connectivity index (χ2v) is 3.79. The van der Waals surface area contributed by atoms with E-state index in [0.29, 0.717) is 11.8 Å². The summed E-state index contributed by atoms with van der Waals surface area (Å²) in [5.41, 5.74) is 5.50. The SMILES string of the molecule is CCC[C](CC)C(C)C(C)C(=N)N. The van der Waals surface area contributed by atoms with Gasteiger partial charge in [0.25, 0.3) is 0 Å². The zero-order valence-corrected chi connectivity index (χ0v) is 9.35. The molecule has 3 N–H and O–H groups in total. The molecule has 2 unspecified atom stereocenters. The first-order chi connectivity index (χ1) is 6.04. The lowest BCUT2D eigenvalue weighted by atomic mass is 9.79. The molecule has 2 nitrogen and oxygen atoms in total. The fourth-order valence-corrected chi connectivity index (χ4v) is 1.67. The van der Waals surface area contributed by atoms with Gasteiger partial charge in [-0.15, -0.1) is 0 Å². The van der Waals surface area contributed by atoms with E-state index in [1.807, 2.05) is 6.92 Å². The van der Waals surface area contributed by atoms with Gasteiger partial charge in [-0.25, -0.2) is 0 Å². The molecule has 77 valence electrons. The quantitative estimate of drug-likeness (QED) is 0.482. The Kier molecular flexibility index (Phi) is 5.76. The maximum Gasteiger partial charge on any atom is 0.0937 e. The summed E-state index contributed by atoms with van der Waals surface area (Å²) in [4.78, 5) is 0. The zero-order chi connectivity index (χ0) is 10.4. The Hall–Kier alpha value is -0.530. The van der Waals surface area contributed by atoms with Crippen LogP contribution in [0.2, 0.25) is 0 Å². The van der Waals surface area contributed by atoms with Crippen molar-refractivity contribution in [2.45, 2.75) is 47.0 Å². The zero-order valence-electron chi connectivity index (χ0n) is 9.35. The average molecular weight is 183 g/mol. The van der Waals surface area contributed by atoms with Crippen molar-refractivity contribution in [3.63, 3.8) is 0 Å². The van der Waals surface area contributed by atoms with Gasteiger partial charge in [-0.3, -0.25) is 5.41 Å². The molecule has 0 fully saturated rings. The van der Waals surface area contributed by atoms with Gasteiger partial charge in [0.05, 0.1) is 5.84 Å². The van der Waals surface area contributed by atoms with E-state index in [4.69, 9.17) is 11.1 Å². The van der Waals surface area contributed by atoms with Crippen molar-refractivity contribution >= 4 is 5.84 Å². The first-order valence-corrected chi connectivity index (χ1v) is 5.23. The Labute approximate surface area is 82.4 Å². The molecule has 0 aromatic rings. The van der Waals surface area contributed by atoms with Crippen LogP contribution in [0.4, 0.5) is 0 Å². The molecule has 1 radical (unpaired) electrons. The minimum Gasteiger partial charge on any atom is -0.387 e. The molecular weight excluding hydrogens is 160 g/mol. The third kappa shape index (κ3) is 3.79. The Morgan fingerprint density at radius 2 is 1.77 bits per heavy atom. The summed E-state index contributed by atoms with van der Waals surface area (Å²) in [5, 5.41) is 7.40. The van der Waals surface area contributed by atoms with Crippen molar-refractivity contribution in [2.75, 3.05) is 0 Å². The normalized spacial score (nSPS) is 15.8. The summed E-state index contributed by atoms with van der Waals surface area (Å²) in [6.45, 7) is 8.61. The van der Waals surface area contributed by atoms with Gasteiger partial charge in [0.2, 0.25) is 0 Å². The van der Waals surface area contributed by atoms with Crippen molar-refractivity contribution in [1.29, 1.82) is 5.41 Å². The number of nitrogens with two attached hydrogens (primary N) is 1. The number of nitrogens with one attached hydrogen (secondary N) is 1. The van der Waals surface area contributed by atoms with E-state index >= 15 is 0 Å². The first-order valence-electron chi connectivity index (χ1n) is 5.23. The summed E-state index contributed by atoms with van der Waals surface area (Å²) >= 11 is 0. The molecule has 0 bridgehead atoms. The summed E-state index contributed by atoms with van der Waals surface area (Å²) < 4.78 is 0. The molecule has 2 atom stereocenters. The van der Waals surface area contributed by atoms with Crippen molar-refractivity contribution in [3.8, 4) is 0 Å². The molecule has 0 rings (SSSR count). The van der Waals surface area contributed by atoms with E-state index in [1.165, 1.54) is 12.8 Å². The maximum atomic E-state index is 7.40. The van der Waals surface area contributed by atoms with E-state index in [-0.39, 0.29) is 5.92 Å². The monoisotopic (exact) mass is 183 g/mol. The van der Waals surface area contributed by atoms with Gasteiger partial charge in [-0.1, -0.05) is 34.1 Å². The van der Waals surface area contributed by atoms with Crippen LogP contribution in [-0.2, 0) is 0 Å². The smallest absolute Gasteiger partial charge is 0.0937 e. The molecule has 0 aromatic carbocycles. The molecule has 0 amide bonds. The fraction of sp³-hybridized carbons (Fsp3) is 0.818. The Morgan fingerprint density at radius 3 is 2.08 bits per heavy atom. The minimum absolute atomic E-state index is 0.196. The predicted octanol–water partition coefficient (Wildman–Crippen LogP) is 2.98. The fourth-order valence-electron chi connectivity index (χ4n) is 1.67. The highest BCUT2D eigenvalue weighted by Gasteiger charge is 2.22. The van der Waals surface area contributed by atoms with Crippen LogP contribution in [-0.4, -0.2) is 5.84 Å². The van der Waals surface area contributed by atoms with E-state index in [1.54, 1.807) is 5.92 Å². The molecule has 0 saturated carbocycles. The lowest BCUT2D eigenvalue weighted by Gasteiger charge is -2.26. The summed E-state index contributed by atoms with van der Waals surface area (Å²) in [5.74, 6) is 2.52. The Bertz CT molecular complexity index is 154. The van der Waals surface area contributed by atoms with Gasteiger partial charge in [0, 0.05) is 5.92 Å². The summed E-state index contributed by atoms with van der Waals surface area (Å²) in [6, 6.07) is 0. The van der Waals surface area contributed by atoms with Crippen molar-refractivity contribution < 1.29 is 0 Å². The van der Waals surface area contributed by atoms with Crippen LogP contribution in [0.25, 0.3) is 0 Å². The minimum atomic E-state index is 0.196. The van der Waals surface area contributed by atoms with Gasteiger partial charge in [-0.05, 0) is 24.7 Å². The average Bonchev–Trinajstić information content (AvgIpc) is 2.11. The summed E-state index contributed by atoms with van der Waals surface area (Å²) in [6.07, 6.45) is 3.49. The summed E-state index contributed by atoms with van der Waals surface area (Å²) in [7, 11) is 0. The molecule has 0 aromatic heterocycles. The van der Waals surface area contributed by atoms with Gasteiger partial charge in [0.1, 0.15) is 0 Å². The molecule has 0 heterocycles. The lowest BCUT2D eigenvalue weighted by Crippen LogP contribution is -2.28. The maximum absolute atomic E-state index is 7.40. The van der Waals surface area contributed by atoms with Crippen molar-refractivity contribution in [1.82, 2.24) is 0 Å². The Morgan fingerprint density at radius 1 is 1.23 bits per heavy atom. The molecule has 0 aliphatic heterocycles. The molecule has 2 heteroatoms. The van der Waals surface area contributed by atoms with Crippen LogP contribution in [0.3, 0.4) is 0 Å². The van der Waals surface area contributed by atoms with E-state index < -0.39 is 0 Å². The second-order valence-electron chi connectivity index (χ2n) is 3.79. The molecule has 0 aliphatic carbocycles. The first kappa shape index (κ1) is 12.5. The Balaban J connectivity index is 4.17. The third-order valence-corrected chi connectivity index (χ3v) is 2.91. The lowest BCUT2D eigenvalue weighted by molar-refractivity contribution is 0.447. The highest BCUT2D eigenvalue weighted by molar-refractivity contribution is 5.79. The molecule has 0 saturated heterocycles. The van der Waals surface area contributed by atoms with Crippen molar-refractivity contribution in [3.05, 3.63) is 5.92 Å². The highest BCUT2D eigenvalue weighted by Crippen LogP contribution is 2.29. The van der Waals surface area contributed by atoms with Crippen LogP contribution >= 0.6 is 0 Å². The second kappa shape index (κ2) is 6.01. The standard InChI is InChI=1S/C11H23N2/c1-5-7-10(6-2)8(3)9(4)11(12)13/h8-9H,5-7H2,1-4H3,(H3,12,13). The topological polar surface area (TPSA) is 49.9 Å². The van der Waals surface area contributed by atoms with Crippen LogP contribution in [0.15, 0.2) is 0 Å². The van der Waals surface area contributed by atoms with Gasteiger partial charge >= 0.3 is 0 Å². The van der Waals surface area contributed by atoms with Gasteiger partial charge in [-0.2, -0.15) is 0 Å². The van der Waals surface area contributed by atoms with E-state index in [0.717, 1.165) is 6.42 Å². The number of amidine groups is 1. The number of rotatable bonds is 6. The van der Waals surface area contributed by atoms with E-state index in [2.05, 4.69) is 20.8 Å². The highest BCUT2D eigenvalue weighted by atomic mass is 14.7. The third-order valence-electron chi connectivity index (χ3n) is 2.91.